The van der Waals surface area contributed by atoms with Gasteiger partial charge in [-0.25, -0.2) is 0 Å². The molecule has 19 heavy (non-hydrogen) atoms. The van der Waals surface area contributed by atoms with Crippen LogP contribution < -0.4 is 10.1 Å². The van der Waals surface area contributed by atoms with Crippen LogP contribution in [-0.4, -0.2) is 13.2 Å². The first-order valence-electron chi connectivity index (χ1n) is 5.97. The first kappa shape index (κ1) is 13.5. The number of anilines is 1. The predicted octanol–water partition coefficient (Wildman–Crippen LogP) is 3.92. The van der Waals surface area contributed by atoms with E-state index in [4.69, 9.17) is 11.2 Å². The van der Waals surface area contributed by atoms with Crippen LogP contribution in [0.1, 0.15) is 5.56 Å². The molecule has 0 saturated heterocycles. The lowest BCUT2D eigenvalue weighted by atomic mass is 10.2. The molecule has 0 unspecified atom stereocenters. The number of hydrogen-bond acceptors (Lipinski definition) is 2. The van der Waals surface area contributed by atoms with Gasteiger partial charge >= 0.3 is 0 Å². The Morgan fingerprint density at radius 3 is 2.79 bits per heavy atom. The highest BCUT2D eigenvalue weighted by atomic mass is 79.9. The average Bonchev–Trinajstić information content (AvgIpc) is 2.44. The molecule has 0 atom stereocenters. The molecule has 0 aliphatic rings. The SMILES string of the molecule is C#Cc1cccc(NCCOc2cccc(Br)c2)c1. The van der Waals surface area contributed by atoms with E-state index in [-0.39, 0.29) is 0 Å². The maximum Gasteiger partial charge on any atom is 0.120 e. The van der Waals surface area contributed by atoms with Crippen LogP contribution in [-0.2, 0) is 0 Å². The summed E-state index contributed by atoms with van der Waals surface area (Å²) in [4.78, 5) is 0. The summed E-state index contributed by atoms with van der Waals surface area (Å²) in [5, 5.41) is 3.27. The predicted molar refractivity (Wildman–Crippen MR) is 82.5 cm³/mol. The van der Waals surface area contributed by atoms with Gasteiger partial charge in [0.05, 0.1) is 0 Å². The third kappa shape index (κ3) is 4.35. The Hall–Kier alpha value is -1.92. The normalized spacial score (nSPS) is 9.68. The lowest BCUT2D eigenvalue weighted by Gasteiger charge is -2.09. The summed E-state index contributed by atoms with van der Waals surface area (Å²) >= 11 is 3.41. The Morgan fingerprint density at radius 2 is 2.00 bits per heavy atom. The highest BCUT2D eigenvalue weighted by Gasteiger charge is 1.96. The van der Waals surface area contributed by atoms with E-state index in [1.807, 2.05) is 48.5 Å². The van der Waals surface area contributed by atoms with Gasteiger partial charge in [-0.2, -0.15) is 0 Å². The van der Waals surface area contributed by atoms with E-state index in [9.17, 15) is 0 Å². The maximum atomic E-state index is 5.63. The van der Waals surface area contributed by atoms with Gasteiger partial charge in [0.2, 0.25) is 0 Å². The van der Waals surface area contributed by atoms with Crippen LogP contribution in [0.5, 0.6) is 5.75 Å². The molecule has 0 spiro atoms. The summed E-state index contributed by atoms with van der Waals surface area (Å²) in [7, 11) is 0. The highest BCUT2D eigenvalue weighted by Crippen LogP contribution is 2.17. The number of halogens is 1. The van der Waals surface area contributed by atoms with E-state index in [1.165, 1.54) is 0 Å². The van der Waals surface area contributed by atoms with E-state index in [1.54, 1.807) is 0 Å². The zero-order valence-corrected chi connectivity index (χ0v) is 12.0. The minimum Gasteiger partial charge on any atom is -0.492 e. The summed E-state index contributed by atoms with van der Waals surface area (Å²) in [6, 6.07) is 15.6. The van der Waals surface area contributed by atoms with E-state index < -0.39 is 0 Å². The molecule has 0 radical (unpaired) electrons. The smallest absolute Gasteiger partial charge is 0.120 e. The lowest BCUT2D eigenvalue weighted by molar-refractivity contribution is 0.332. The van der Waals surface area contributed by atoms with Crippen molar-refractivity contribution in [2.75, 3.05) is 18.5 Å². The molecular weight excluding hydrogens is 302 g/mol. The number of ether oxygens (including phenoxy) is 1. The molecule has 0 amide bonds. The summed E-state index contributed by atoms with van der Waals surface area (Å²) < 4.78 is 6.65. The van der Waals surface area contributed by atoms with Crippen LogP contribution >= 0.6 is 15.9 Å². The van der Waals surface area contributed by atoms with Gasteiger partial charge in [0.15, 0.2) is 0 Å². The zero-order chi connectivity index (χ0) is 13.5. The average molecular weight is 316 g/mol. The summed E-state index contributed by atoms with van der Waals surface area (Å²) in [5.41, 5.74) is 1.88. The third-order valence-corrected chi connectivity index (χ3v) is 3.02. The molecule has 2 rings (SSSR count). The number of terminal acetylenes is 1. The van der Waals surface area contributed by atoms with Crippen LogP contribution in [0.4, 0.5) is 5.69 Å². The first-order valence-corrected chi connectivity index (χ1v) is 6.76. The van der Waals surface area contributed by atoms with Gasteiger partial charge in [-0.1, -0.05) is 34.0 Å². The van der Waals surface area contributed by atoms with Crippen molar-refractivity contribution in [3.05, 3.63) is 58.6 Å². The molecule has 3 heteroatoms. The van der Waals surface area contributed by atoms with Gasteiger partial charge in [-0.3, -0.25) is 0 Å². The quantitative estimate of drug-likeness (QED) is 0.667. The van der Waals surface area contributed by atoms with Crippen LogP contribution in [0.2, 0.25) is 0 Å². The van der Waals surface area contributed by atoms with Gasteiger partial charge in [-0.15, -0.1) is 6.42 Å². The van der Waals surface area contributed by atoms with Crippen molar-refractivity contribution in [3.63, 3.8) is 0 Å². The molecule has 2 nitrogen and oxygen atoms in total. The summed E-state index contributed by atoms with van der Waals surface area (Å²) in [6.45, 7) is 1.32. The van der Waals surface area contributed by atoms with E-state index in [0.29, 0.717) is 6.61 Å². The molecule has 2 aromatic rings. The number of hydrogen-bond donors (Lipinski definition) is 1. The van der Waals surface area contributed by atoms with Gasteiger partial charge in [-0.05, 0) is 36.4 Å². The van der Waals surface area contributed by atoms with Gasteiger partial charge < -0.3 is 10.1 Å². The number of benzene rings is 2. The molecular formula is C16H14BrNO. The van der Waals surface area contributed by atoms with Crippen molar-refractivity contribution in [1.29, 1.82) is 0 Å². The van der Waals surface area contributed by atoms with E-state index >= 15 is 0 Å². The fourth-order valence-electron chi connectivity index (χ4n) is 1.64. The van der Waals surface area contributed by atoms with Crippen molar-refractivity contribution >= 4 is 21.6 Å². The molecule has 96 valence electrons. The van der Waals surface area contributed by atoms with Crippen LogP contribution in [0.3, 0.4) is 0 Å². The largest absolute Gasteiger partial charge is 0.492 e. The molecule has 0 aliphatic carbocycles. The second kappa shape index (κ2) is 6.86. The van der Waals surface area contributed by atoms with E-state index in [2.05, 4.69) is 27.2 Å². The second-order valence-corrected chi connectivity index (χ2v) is 4.87. The Morgan fingerprint density at radius 1 is 1.16 bits per heavy atom. The van der Waals surface area contributed by atoms with Crippen molar-refractivity contribution in [1.82, 2.24) is 0 Å². The molecule has 1 N–H and O–H groups in total. The Bertz CT molecular complexity index is 589. The Kier molecular flexibility index (Phi) is 4.88. The number of nitrogens with one attached hydrogen (secondary N) is 1. The molecule has 0 saturated carbocycles. The Balaban J connectivity index is 1.79. The summed E-state index contributed by atoms with van der Waals surface area (Å²) in [5.74, 6) is 3.47. The van der Waals surface area contributed by atoms with Gasteiger partial charge in [0, 0.05) is 22.3 Å². The fourth-order valence-corrected chi connectivity index (χ4v) is 2.02. The van der Waals surface area contributed by atoms with Crippen LogP contribution in [0.25, 0.3) is 0 Å². The van der Waals surface area contributed by atoms with Crippen molar-refractivity contribution in [2.45, 2.75) is 0 Å². The maximum absolute atomic E-state index is 5.63. The molecule has 0 bridgehead atoms. The minimum absolute atomic E-state index is 0.594. The highest BCUT2D eigenvalue weighted by molar-refractivity contribution is 9.10. The standard InChI is InChI=1S/C16H14BrNO/c1-2-13-5-3-7-15(11-13)18-9-10-19-16-8-4-6-14(17)12-16/h1,3-8,11-12,18H,9-10H2. The lowest BCUT2D eigenvalue weighted by Crippen LogP contribution is -2.11. The molecule has 0 aliphatic heterocycles. The minimum atomic E-state index is 0.594. The molecule has 0 aromatic heterocycles. The van der Waals surface area contributed by atoms with Gasteiger partial charge in [0.25, 0.3) is 0 Å². The van der Waals surface area contributed by atoms with Gasteiger partial charge in [0.1, 0.15) is 12.4 Å². The molecule has 2 aromatic carbocycles. The first-order chi connectivity index (χ1) is 9.28. The third-order valence-electron chi connectivity index (χ3n) is 2.53. The molecule has 0 fully saturated rings. The monoisotopic (exact) mass is 315 g/mol. The van der Waals surface area contributed by atoms with Crippen LogP contribution in [0, 0.1) is 12.3 Å². The van der Waals surface area contributed by atoms with E-state index in [0.717, 1.165) is 28.0 Å². The van der Waals surface area contributed by atoms with Crippen molar-refractivity contribution in [3.8, 4) is 18.1 Å². The van der Waals surface area contributed by atoms with Crippen molar-refractivity contribution < 1.29 is 4.74 Å². The zero-order valence-electron chi connectivity index (χ0n) is 10.4. The molecule has 0 heterocycles. The topological polar surface area (TPSA) is 21.3 Å². The fraction of sp³-hybridized carbons (Fsp3) is 0.125. The second-order valence-electron chi connectivity index (χ2n) is 3.96. The number of rotatable bonds is 5. The Labute approximate surface area is 121 Å². The van der Waals surface area contributed by atoms with Crippen LogP contribution in [0.15, 0.2) is 53.0 Å². The van der Waals surface area contributed by atoms with Crippen molar-refractivity contribution in [2.24, 2.45) is 0 Å². The summed E-state index contributed by atoms with van der Waals surface area (Å²) in [6.07, 6.45) is 5.36.